The van der Waals surface area contributed by atoms with E-state index in [4.69, 9.17) is 10.5 Å². The van der Waals surface area contributed by atoms with Gasteiger partial charge in [-0.25, -0.2) is 0 Å². The van der Waals surface area contributed by atoms with Gasteiger partial charge in [0.25, 0.3) is 5.91 Å². The quantitative estimate of drug-likeness (QED) is 0.275. The predicted molar refractivity (Wildman–Crippen MR) is 129 cm³/mol. The van der Waals surface area contributed by atoms with Crippen LogP contribution in [-0.4, -0.2) is 38.6 Å². The minimum atomic E-state index is -0.484. The van der Waals surface area contributed by atoms with Crippen LogP contribution in [0.25, 0.3) is 0 Å². The Morgan fingerprint density at radius 3 is 2.31 bits per heavy atom. The van der Waals surface area contributed by atoms with E-state index in [0.29, 0.717) is 5.75 Å². The predicted octanol–water partition coefficient (Wildman–Crippen LogP) is 2.85. The van der Waals surface area contributed by atoms with Gasteiger partial charge in [0.2, 0.25) is 0 Å². The Bertz CT molecular complexity index is 777. The van der Waals surface area contributed by atoms with Crippen LogP contribution in [-0.2, 0) is 16.6 Å². The standard InChI is InChI=1S/C22H30N4O2.HI/c1-22(2,18-7-5-4-6-8-18)16-26-21(24-3)25-14-13-17-9-11-19(12-10-17)28-15-20(23)27;/h4-12H,13-16H2,1-3H3,(H2,23,27)(H2,24,25,26);1H. The lowest BCUT2D eigenvalue weighted by molar-refractivity contribution is -0.119. The fourth-order valence-electron chi connectivity index (χ4n) is 2.75. The molecular formula is C22H31IN4O2. The molecular weight excluding hydrogens is 479 g/mol. The van der Waals surface area contributed by atoms with E-state index >= 15 is 0 Å². The molecule has 0 fully saturated rings. The highest BCUT2D eigenvalue weighted by Crippen LogP contribution is 2.21. The topological polar surface area (TPSA) is 88.7 Å². The summed E-state index contributed by atoms with van der Waals surface area (Å²) >= 11 is 0. The van der Waals surface area contributed by atoms with Crippen molar-refractivity contribution in [3.05, 3.63) is 65.7 Å². The first kappa shape index (κ1) is 24.7. The summed E-state index contributed by atoms with van der Waals surface area (Å²) in [6, 6.07) is 18.1. The molecule has 0 unspecified atom stereocenters. The Morgan fingerprint density at radius 2 is 1.72 bits per heavy atom. The smallest absolute Gasteiger partial charge is 0.255 e. The van der Waals surface area contributed by atoms with Gasteiger partial charge in [0.1, 0.15) is 5.75 Å². The minimum absolute atomic E-state index is 0. The van der Waals surface area contributed by atoms with Crippen molar-refractivity contribution in [1.29, 1.82) is 0 Å². The molecule has 2 rings (SSSR count). The van der Waals surface area contributed by atoms with E-state index < -0.39 is 5.91 Å². The molecule has 0 bridgehead atoms. The second kappa shape index (κ2) is 12.3. The van der Waals surface area contributed by atoms with Crippen molar-refractivity contribution in [3.63, 3.8) is 0 Å². The van der Waals surface area contributed by atoms with Crippen molar-refractivity contribution in [3.8, 4) is 5.75 Å². The third-order valence-corrected chi connectivity index (χ3v) is 4.49. The summed E-state index contributed by atoms with van der Waals surface area (Å²) in [6.07, 6.45) is 0.846. The largest absolute Gasteiger partial charge is 0.484 e. The number of amides is 1. The molecule has 1 amide bonds. The number of hydrogen-bond acceptors (Lipinski definition) is 3. The van der Waals surface area contributed by atoms with Gasteiger partial charge in [-0.3, -0.25) is 9.79 Å². The van der Waals surface area contributed by atoms with Gasteiger partial charge in [-0.1, -0.05) is 56.3 Å². The van der Waals surface area contributed by atoms with Gasteiger partial charge >= 0.3 is 0 Å². The third kappa shape index (κ3) is 8.72. The van der Waals surface area contributed by atoms with Crippen molar-refractivity contribution in [2.75, 3.05) is 26.7 Å². The average Bonchev–Trinajstić information content (AvgIpc) is 2.70. The van der Waals surface area contributed by atoms with Gasteiger partial charge < -0.3 is 21.1 Å². The van der Waals surface area contributed by atoms with Crippen molar-refractivity contribution >= 4 is 35.8 Å². The number of benzene rings is 2. The molecule has 0 aromatic heterocycles. The summed E-state index contributed by atoms with van der Waals surface area (Å²) in [5.41, 5.74) is 7.53. The second-order valence-corrected chi connectivity index (χ2v) is 7.25. The highest BCUT2D eigenvalue weighted by atomic mass is 127. The van der Waals surface area contributed by atoms with Crippen LogP contribution in [0.3, 0.4) is 0 Å². The van der Waals surface area contributed by atoms with E-state index in [2.05, 4.69) is 53.7 Å². The highest BCUT2D eigenvalue weighted by molar-refractivity contribution is 14.0. The molecule has 29 heavy (non-hydrogen) atoms. The second-order valence-electron chi connectivity index (χ2n) is 7.25. The molecule has 2 aromatic rings. The van der Waals surface area contributed by atoms with Gasteiger partial charge in [0.15, 0.2) is 12.6 Å². The van der Waals surface area contributed by atoms with Crippen LogP contribution in [0.2, 0.25) is 0 Å². The first-order valence-corrected chi connectivity index (χ1v) is 9.41. The number of carbonyl (C=O) groups is 1. The summed E-state index contributed by atoms with van der Waals surface area (Å²) in [4.78, 5) is 15.0. The number of ether oxygens (including phenoxy) is 1. The Labute approximate surface area is 190 Å². The normalized spacial score (nSPS) is 11.3. The first-order chi connectivity index (χ1) is 13.4. The van der Waals surface area contributed by atoms with Crippen molar-refractivity contribution < 1.29 is 9.53 Å². The lowest BCUT2D eigenvalue weighted by atomic mass is 9.85. The lowest BCUT2D eigenvalue weighted by Gasteiger charge is -2.26. The molecule has 7 heteroatoms. The molecule has 0 aliphatic heterocycles. The zero-order valence-corrected chi connectivity index (χ0v) is 19.6. The van der Waals surface area contributed by atoms with Crippen LogP contribution in [0.5, 0.6) is 5.75 Å². The van der Waals surface area contributed by atoms with E-state index in [9.17, 15) is 4.79 Å². The molecule has 0 spiro atoms. The van der Waals surface area contributed by atoms with Gasteiger partial charge in [-0.05, 0) is 29.7 Å². The van der Waals surface area contributed by atoms with Crippen molar-refractivity contribution in [2.45, 2.75) is 25.7 Å². The molecule has 0 saturated heterocycles. The zero-order valence-electron chi connectivity index (χ0n) is 17.3. The van der Waals surface area contributed by atoms with E-state index in [-0.39, 0.29) is 36.0 Å². The average molecular weight is 510 g/mol. The Kier molecular flexibility index (Phi) is 10.5. The SMILES string of the molecule is CN=C(NCCc1ccc(OCC(N)=O)cc1)NCC(C)(C)c1ccccc1.I. The van der Waals surface area contributed by atoms with Crippen LogP contribution in [0, 0.1) is 0 Å². The first-order valence-electron chi connectivity index (χ1n) is 9.41. The monoisotopic (exact) mass is 510 g/mol. The van der Waals surface area contributed by atoms with Gasteiger partial charge in [0.05, 0.1) is 0 Å². The lowest BCUT2D eigenvalue weighted by Crippen LogP contribution is -2.44. The van der Waals surface area contributed by atoms with E-state index in [1.165, 1.54) is 11.1 Å². The number of nitrogens with two attached hydrogens (primary N) is 1. The summed E-state index contributed by atoms with van der Waals surface area (Å²) in [5.74, 6) is 0.934. The van der Waals surface area contributed by atoms with E-state index in [1.807, 2.05) is 30.3 Å². The summed E-state index contributed by atoms with van der Waals surface area (Å²) < 4.78 is 5.26. The third-order valence-electron chi connectivity index (χ3n) is 4.49. The minimum Gasteiger partial charge on any atom is -0.484 e. The highest BCUT2D eigenvalue weighted by Gasteiger charge is 2.20. The van der Waals surface area contributed by atoms with Gasteiger partial charge in [0, 0.05) is 25.6 Å². The molecule has 6 nitrogen and oxygen atoms in total. The van der Waals surface area contributed by atoms with Crippen LogP contribution in [0.4, 0.5) is 0 Å². The maximum atomic E-state index is 10.7. The number of primary amides is 1. The molecule has 0 aliphatic carbocycles. The molecule has 0 atom stereocenters. The maximum absolute atomic E-state index is 10.7. The van der Waals surface area contributed by atoms with Gasteiger partial charge in [-0.15, -0.1) is 24.0 Å². The van der Waals surface area contributed by atoms with Crippen LogP contribution >= 0.6 is 24.0 Å². The van der Waals surface area contributed by atoms with Crippen LogP contribution < -0.4 is 21.1 Å². The van der Waals surface area contributed by atoms with Crippen LogP contribution in [0.1, 0.15) is 25.0 Å². The zero-order chi connectivity index (χ0) is 20.4. The van der Waals surface area contributed by atoms with Gasteiger partial charge in [-0.2, -0.15) is 0 Å². The Morgan fingerprint density at radius 1 is 1.07 bits per heavy atom. The van der Waals surface area contributed by atoms with Crippen molar-refractivity contribution in [2.24, 2.45) is 10.7 Å². The molecule has 0 heterocycles. The van der Waals surface area contributed by atoms with E-state index in [1.54, 1.807) is 7.05 Å². The maximum Gasteiger partial charge on any atom is 0.255 e. The summed E-state index contributed by atoms with van der Waals surface area (Å²) in [6.45, 7) is 5.85. The summed E-state index contributed by atoms with van der Waals surface area (Å²) in [5, 5.41) is 6.75. The number of rotatable bonds is 9. The number of nitrogens with one attached hydrogen (secondary N) is 2. The van der Waals surface area contributed by atoms with Crippen LogP contribution in [0.15, 0.2) is 59.6 Å². The summed E-state index contributed by atoms with van der Waals surface area (Å²) in [7, 11) is 1.77. The fraction of sp³-hybridized carbons (Fsp3) is 0.364. The van der Waals surface area contributed by atoms with Crippen molar-refractivity contribution in [1.82, 2.24) is 10.6 Å². The Hall–Kier alpha value is -2.29. The molecule has 0 aliphatic rings. The Balaban J connectivity index is 0.00000420. The number of nitrogens with zero attached hydrogens (tertiary/aromatic N) is 1. The molecule has 2 aromatic carbocycles. The number of aliphatic imine (C=N–C) groups is 1. The number of carbonyl (C=O) groups excluding carboxylic acids is 1. The molecule has 0 radical (unpaired) electrons. The molecule has 4 N–H and O–H groups in total. The number of guanidine groups is 1. The molecule has 158 valence electrons. The fourth-order valence-corrected chi connectivity index (χ4v) is 2.75. The number of hydrogen-bond donors (Lipinski definition) is 3. The van der Waals surface area contributed by atoms with E-state index in [0.717, 1.165) is 25.5 Å². The number of halogens is 1. The molecule has 0 saturated carbocycles.